The van der Waals surface area contributed by atoms with Gasteiger partial charge in [-0.3, -0.25) is 19.2 Å². The number of hydrogen-bond donors (Lipinski definition) is 3. The molecular formula is C21H28N4O6. The first-order valence-electron chi connectivity index (χ1n) is 10.4. The number of aromatic hydroxyl groups is 1. The fourth-order valence-electron chi connectivity index (χ4n) is 5.13. The maximum atomic E-state index is 13.0. The Morgan fingerprint density at radius 3 is 2.65 bits per heavy atom. The summed E-state index contributed by atoms with van der Waals surface area (Å²) in [6, 6.07) is 3.04. The fraction of sp³-hybridized carbons (Fsp3) is 0.571. The highest BCUT2D eigenvalue weighted by Gasteiger charge is 2.50. The van der Waals surface area contributed by atoms with Crippen molar-refractivity contribution in [2.45, 2.75) is 44.7 Å². The molecule has 0 unspecified atom stereocenters. The van der Waals surface area contributed by atoms with Crippen LogP contribution in [0.15, 0.2) is 18.3 Å². The van der Waals surface area contributed by atoms with E-state index in [0.717, 1.165) is 19.3 Å². The Bertz CT molecular complexity index is 830. The molecule has 0 aromatic carbocycles. The van der Waals surface area contributed by atoms with E-state index < -0.39 is 0 Å². The predicted molar refractivity (Wildman–Crippen MR) is 109 cm³/mol. The van der Waals surface area contributed by atoms with Crippen LogP contribution in [-0.2, 0) is 14.4 Å². The van der Waals surface area contributed by atoms with Crippen molar-refractivity contribution in [1.82, 2.24) is 20.1 Å². The van der Waals surface area contributed by atoms with E-state index in [1.807, 2.05) is 9.80 Å². The average Bonchev–Trinajstić information content (AvgIpc) is 2.74. The predicted octanol–water partition coefficient (Wildman–Crippen LogP) is 0.466. The van der Waals surface area contributed by atoms with Crippen LogP contribution in [0.2, 0.25) is 0 Å². The first kappa shape index (κ1) is 22.5. The molecule has 2 bridgehead atoms. The standard InChI is InChI=1S/C20H26N4O4.CH2O2/c1-12(25)21-9-18-14-7-13(17-3-2-4-19(27)24(17)18)10-23(11-14)20(28)16-6-5-15(26)8-22-16;2-1-3/h5-6,8,13-14,17-18,26H,2-4,7,9-11H2,1H3,(H,21,25);1H,(H,2,3)/t13-,14+,17+,18+;/m1./s1. The normalized spacial score (nSPS) is 26.8. The van der Waals surface area contributed by atoms with E-state index in [0.29, 0.717) is 31.7 Å². The van der Waals surface area contributed by atoms with Crippen molar-refractivity contribution >= 4 is 24.2 Å². The van der Waals surface area contributed by atoms with Gasteiger partial charge in [-0.25, -0.2) is 4.98 Å². The van der Waals surface area contributed by atoms with Crippen LogP contribution in [0.5, 0.6) is 5.75 Å². The largest absolute Gasteiger partial charge is 0.506 e. The van der Waals surface area contributed by atoms with Crippen LogP contribution in [0.25, 0.3) is 0 Å². The van der Waals surface area contributed by atoms with E-state index in [-0.39, 0.29) is 53.9 Å². The van der Waals surface area contributed by atoms with Gasteiger partial charge in [0.2, 0.25) is 11.8 Å². The number of pyridine rings is 1. The topological polar surface area (TPSA) is 140 Å². The van der Waals surface area contributed by atoms with E-state index in [1.54, 1.807) is 0 Å². The Labute approximate surface area is 180 Å². The smallest absolute Gasteiger partial charge is 0.290 e. The minimum Gasteiger partial charge on any atom is -0.506 e. The lowest BCUT2D eigenvalue weighted by Crippen LogP contribution is -2.67. The van der Waals surface area contributed by atoms with E-state index in [1.165, 1.54) is 25.3 Å². The van der Waals surface area contributed by atoms with Crippen molar-refractivity contribution in [2.24, 2.45) is 11.8 Å². The molecule has 4 atom stereocenters. The van der Waals surface area contributed by atoms with Crippen LogP contribution < -0.4 is 5.32 Å². The SMILES string of the molecule is CC(=O)NC[C@H]1[C@H]2C[C@H](CN(C(=O)c3ccc(O)cn3)C2)[C@@H]2CCCC(=O)N21.O=CO. The minimum absolute atomic E-state index is 0.0267. The van der Waals surface area contributed by atoms with Crippen LogP contribution in [0.1, 0.15) is 43.1 Å². The Kier molecular flexibility index (Phi) is 7.09. The van der Waals surface area contributed by atoms with Gasteiger partial charge in [0.15, 0.2) is 0 Å². The number of amides is 3. The molecular weight excluding hydrogens is 404 g/mol. The van der Waals surface area contributed by atoms with Gasteiger partial charge < -0.3 is 25.3 Å². The average molecular weight is 432 g/mol. The number of nitrogens with zero attached hydrogens (tertiary/aromatic N) is 3. The summed E-state index contributed by atoms with van der Waals surface area (Å²) in [6.07, 6.45) is 4.62. The number of fused-ring (bicyclic) bond motifs is 4. The summed E-state index contributed by atoms with van der Waals surface area (Å²) in [5, 5.41) is 19.2. The number of carbonyl (C=O) groups is 4. The first-order valence-corrected chi connectivity index (χ1v) is 10.4. The Morgan fingerprint density at radius 1 is 1.29 bits per heavy atom. The van der Waals surface area contributed by atoms with Gasteiger partial charge in [0.05, 0.1) is 12.2 Å². The molecule has 0 spiro atoms. The number of nitrogens with one attached hydrogen (secondary N) is 1. The van der Waals surface area contributed by atoms with Crippen molar-refractivity contribution in [2.75, 3.05) is 19.6 Å². The molecule has 1 aromatic rings. The molecule has 4 heterocycles. The third-order valence-electron chi connectivity index (χ3n) is 6.31. The van der Waals surface area contributed by atoms with E-state index in [9.17, 15) is 19.5 Å². The molecule has 3 N–H and O–H groups in total. The van der Waals surface area contributed by atoms with E-state index in [4.69, 9.17) is 9.90 Å². The highest BCUT2D eigenvalue weighted by molar-refractivity contribution is 5.92. The maximum absolute atomic E-state index is 13.0. The number of likely N-dealkylation sites (tertiary alicyclic amines) is 1. The molecule has 3 saturated heterocycles. The van der Waals surface area contributed by atoms with Crippen molar-refractivity contribution < 1.29 is 29.4 Å². The van der Waals surface area contributed by atoms with Crippen LogP contribution >= 0.6 is 0 Å². The summed E-state index contributed by atoms with van der Waals surface area (Å²) in [7, 11) is 0. The van der Waals surface area contributed by atoms with Crippen LogP contribution in [0, 0.1) is 11.8 Å². The summed E-state index contributed by atoms with van der Waals surface area (Å²) in [5.74, 6) is 0.311. The van der Waals surface area contributed by atoms with Crippen molar-refractivity contribution in [3.63, 3.8) is 0 Å². The summed E-state index contributed by atoms with van der Waals surface area (Å²) < 4.78 is 0. The van der Waals surface area contributed by atoms with Crippen LogP contribution in [0.3, 0.4) is 0 Å². The fourth-order valence-corrected chi connectivity index (χ4v) is 5.13. The lowest BCUT2D eigenvalue weighted by Gasteiger charge is -2.56. The molecule has 3 amide bonds. The van der Waals surface area contributed by atoms with Crippen LogP contribution in [0.4, 0.5) is 0 Å². The van der Waals surface area contributed by atoms with Crippen molar-refractivity contribution in [1.29, 1.82) is 0 Å². The monoisotopic (exact) mass is 432 g/mol. The molecule has 3 aliphatic rings. The number of carbonyl (C=O) groups excluding carboxylic acids is 3. The third kappa shape index (κ3) is 4.95. The van der Waals surface area contributed by atoms with Crippen molar-refractivity contribution in [3.05, 3.63) is 24.0 Å². The zero-order chi connectivity index (χ0) is 22.5. The molecule has 31 heavy (non-hydrogen) atoms. The van der Waals surface area contributed by atoms with Gasteiger partial charge >= 0.3 is 0 Å². The molecule has 1 aromatic heterocycles. The van der Waals surface area contributed by atoms with Gasteiger partial charge in [-0.2, -0.15) is 0 Å². The van der Waals surface area contributed by atoms with Crippen LogP contribution in [-0.4, -0.2) is 80.9 Å². The zero-order valence-corrected chi connectivity index (χ0v) is 17.4. The van der Waals surface area contributed by atoms with Gasteiger partial charge in [-0.05, 0) is 43.2 Å². The molecule has 0 saturated carbocycles. The number of piperidine rings is 3. The molecule has 3 aliphatic heterocycles. The Hall–Kier alpha value is -3.17. The maximum Gasteiger partial charge on any atom is 0.290 e. The molecule has 0 radical (unpaired) electrons. The van der Waals surface area contributed by atoms with Gasteiger partial charge in [-0.1, -0.05) is 0 Å². The van der Waals surface area contributed by atoms with E-state index in [2.05, 4.69) is 10.3 Å². The minimum atomic E-state index is -0.250. The molecule has 3 fully saturated rings. The molecule has 0 aliphatic carbocycles. The number of aromatic nitrogens is 1. The second-order valence-electron chi connectivity index (χ2n) is 8.24. The third-order valence-corrected chi connectivity index (χ3v) is 6.31. The highest BCUT2D eigenvalue weighted by atomic mass is 16.3. The van der Waals surface area contributed by atoms with E-state index >= 15 is 0 Å². The molecule has 10 nitrogen and oxygen atoms in total. The summed E-state index contributed by atoms with van der Waals surface area (Å²) in [5.41, 5.74) is 0.313. The lowest BCUT2D eigenvalue weighted by atomic mass is 9.72. The highest BCUT2D eigenvalue weighted by Crippen LogP contribution is 2.41. The number of carboxylic acid groups (broad SMARTS) is 1. The first-order chi connectivity index (χ1) is 14.8. The second kappa shape index (κ2) is 9.76. The van der Waals surface area contributed by atoms with Gasteiger partial charge in [0, 0.05) is 39.0 Å². The summed E-state index contributed by atoms with van der Waals surface area (Å²) in [6.45, 7) is 2.81. The zero-order valence-electron chi connectivity index (χ0n) is 17.4. The Morgan fingerprint density at radius 2 is 2.00 bits per heavy atom. The number of hydrogen-bond acceptors (Lipinski definition) is 6. The number of rotatable bonds is 3. The quantitative estimate of drug-likeness (QED) is 0.590. The second-order valence-corrected chi connectivity index (χ2v) is 8.24. The molecule has 4 rings (SSSR count). The summed E-state index contributed by atoms with van der Waals surface area (Å²) >= 11 is 0. The van der Waals surface area contributed by atoms with Gasteiger partial charge in [0.25, 0.3) is 12.4 Å². The Balaban J connectivity index is 0.000000858. The molecule has 10 heteroatoms. The summed E-state index contributed by atoms with van der Waals surface area (Å²) in [4.78, 5) is 53.4. The van der Waals surface area contributed by atoms with Gasteiger partial charge in [-0.15, -0.1) is 0 Å². The van der Waals surface area contributed by atoms with Crippen molar-refractivity contribution in [3.8, 4) is 5.75 Å². The molecule has 168 valence electrons. The lowest BCUT2D eigenvalue weighted by molar-refractivity contribution is -0.151. The van der Waals surface area contributed by atoms with Gasteiger partial charge in [0.1, 0.15) is 11.4 Å².